The van der Waals surface area contributed by atoms with E-state index in [4.69, 9.17) is 0 Å². The first-order chi connectivity index (χ1) is 14.5. The van der Waals surface area contributed by atoms with Gasteiger partial charge in [0.2, 0.25) is 0 Å². The van der Waals surface area contributed by atoms with Gasteiger partial charge in [0.15, 0.2) is 0 Å². The number of carbonyl (C=O) groups excluding carboxylic acids is 3. The molecule has 1 heterocycles. The number of hydrogen-bond acceptors (Lipinski definition) is 3. The molecule has 0 unspecified atom stereocenters. The summed E-state index contributed by atoms with van der Waals surface area (Å²) in [5.41, 5.74) is 2.33. The Morgan fingerprint density at radius 2 is 1.50 bits per heavy atom. The summed E-state index contributed by atoms with van der Waals surface area (Å²) >= 11 is 0. The summed E-state index contributed by atoms with van der Waals surface area (Å²) in [6, 6.07) is 21.3. The number of anilines is 1. The second-order valence-corrected chi connectivity index (χ2v) is 6.80. The summed E-state index contributed by atoms with van der Waals surface area (Å²) < 4.78 is 13.8. The Morgan fingerprint density at radius 1 is 0.833 bits per heavy atom. The number of benzene rings is 3. The molecule has 0 saturated carbocycles. The summed E-state index contributed by atoms with van der Waals surface area (Å²) in [5, 5.41) is 2.20. The molecule has 1 aliphatic rings. The molecule has 5 nitrogen and oxygen atoms in total. The van der Waals surface area contributed by atoms with Crippen LogP contribution in [-0.4, -0.2) is 17.8 Å². The molecule has 6 heteroatoms. The van der Waals surface area contributed by atoms with Crippen LogP contribution in [0.4, 0.5) is 14.9 Å². The first-order valence-electron chi connectivity index (χ1n) is 9.32. The van der Waals surface area contributed by atoms with Crippen molar-refractivity contribution >= 4 is 29.6 Å². The molecule has 1 fully saturated rings. The minimum atomic E-state index is -0.784. The summed E-state index contributed by atoms with van der Waals surface area (Å²) in [6.45, 7) is 0. The number of para-hydroxylation sites is 1. The summed E-state index contributed by atoms with van der Waals surface area (Å²) in [4.78, 5) is 38.2. The number of amides is 4. The number of halogens is 1. The van der Waals surface area contributed by atoms with Gasteiger partial charge < -0.3 is 0 Å². The fourth-order valence-corrected chi connectivity index (χ4v) is 3.23. The maximum atomic E-state index is 13.8. The molecule has 148 valence electrons. The topological polar surface area (TPSA) is 66.5 Å². The van der Waals surface area contributed by atoms with Gasteiger partial charge in [0.1, 0.15) is 11.4 Å². The molecule has 1 aliphatic heterocycles. The molecule has 3 aromatic rings. The third kappa shape index (κ3) is 3.89. The summed E-state index contributed by atoms with van der Waals surface area (Å²) in [7, 11) is 0. The van der Waals surface area contributed by atoms with Crippen LogP contribution in [0, 0.1) is 5.82 Å². The first-order valence-corrected chi connectivity index (χ1v) is 9.32. The number of hydrogen-bond donors (Lipinski definition) is 1. The second kappa shape index (κ2) is 8.13. The molecule has 1 N–H and O–H groups in total. The van der Waals surface area contributed by atoms with Gasteiger partial charge >= 0.3 is 6.03 Å². The maximum absolute atomic E-state index is 13.8. The number of imide groups is 2. The molecule has 0 bridgehead atoms. The molecule has 3 aromatic carbocycles. The fourth-order valence-electron chi connectivity index (χ4n) is 3.23. The van der Waals surface area contributed by atoms with Gasteiger partial charge in [-0.2, -0.15) is 0 Å². The third-order valence-corrected chi connectivity index (χ3v) is 4.76. The van der Waals surface area contributed by atoms with E-state index in [1.807, 2.05) is 12.1 Å². The van der Waals surface area contributed by atoms with Crippen molar-refractivity contribution < 1.29 is 18.8 Å². The molecule has 4 rings (SSSR count). The van der Waals surface area contributed by atoms with Gasteiger partial charge in [-0.25, -0.2) is 14.1 Å². The Kier molecular flexibility index (Phi) is 5.22. The van der Waals surface area contributed by atoms with Crippen LogP contribution in [0.1, 0.15) is 16.7 Å². The van der Waals surface area contributed by atoms with Gasteiger partial charge in [0.25, 0.3) is 11.8 Å². The molecule has 4 amide bonds. The molecule has 0 aromatic heterocycles. The van der Waals surface area contributed by atoms with Crippen molar-refractivity contribution in [3.63, 3.8) is 0 Å². The van der Waals surface area contributed by atoms with Crippen molar-refractivity contribution in [2.24, 2.45) is 0 Å². The quantitative estimate of drug-likeness (QED) is 0.530. The highest BCUT2D eigenvalue weighted by atomic mass is 19.1. The highest BCUT2D eigenvalue weighted by Crippen LogP contribution is 2.22. The van der Waals surface area contributed by atoms with Crippen LogP contribution in [0.15, 0.2) is 84.4 Å². The smallest absolute Gasteiger partial charge is 0.273 e. The largest absolute Gasteiger partial charge is 0.335 e. The Morgan fingerprint density at radius 3 is 2.20 bits per heavy atom. The highest BCUT2D eigenvalue weighted by molar-refractivity contribution is 6.39. The predicted octanol–water partition coefficient (Wildman–Crippen LogP) is 4.08. The lowest BCUT2D eigenvalue weighted by molar-refractivity contribution is -0.122. The minimum absolute atomic E-state index is 0.139. The normalized spacial score (nSPS) is 15.4. The SMILES string of the molecule is O=C1NC(=O)N(c2ccccc2)C(=O)/C1=C/c1ccc(Cc2ccccc2F)cc1. The zero-order valence-corrected chi connectivity index (χ0v) is 15.8. The zero-order valence-electron chi connectivity index (χ0n) is 15.8. The molecule has 0 atom stereocenters. The lowest BCUT2D eigenvalue weighted by Crippen LogP contribution is -2.54. The van der Waals surface area contributed by atoms with E-state index in [1.54, 1.807) is 60.7 Å². The van der Waals surface area contributed by atoms with Gasteiger partial charge in [-0.15, -0.1) is 0 Å². The fraction of sp³-hybridized carbons (Fsp3) is 0.0417. The third-order valence-electron chi connectivity index (χ3n) is 4.76. The number of urea groups is 1. The number of carbonyl (C=O) groups is 3. The highest BCUT2D eigenvalue weighted by Gasteiger charge is 2.36. The standard InChI is InChI=1S/C24H17FN2O3/c25-21-9-5-4-6-18(21)14-16-10-12-17(13-11-16)15-20-22(28)26-24(30)27(23(20)29)19-7-2-1-3-8-19/h1-13,15H,14H2,(H,26,28,30)/b20-15+. The van der Waals surface area contributed by atoms with Crippen LogP contribution < -0.4 is 10.2 Å². The number of nitrogens with one attached hydrogen (secondary N) is 1. The van der Waals surface area contributed by atoms with E-state index < -0.39 is 17.8 Å². The van der Waals surface area contributed by atoms with E-state index in [2.05, 4.69) is 5.32 Å². The van der Waals surface area contributed by atoms with Crippen molar-refractivity contribution in [3.05, 3.63) is 107 Å². The molecule has 1 saturated heterocycles. The monoisotopic (exact) mass is 400 g/mol. The van der Waals surface area contributed by atoms with E-state index in [0.29, 0.717) is 23.2 Å². The summed E-state index contributed by atoms with van der Waals surface area (Å²) in [6.07, 6.45) is 1.87. The van der Waals surface area contributed by atoms with Crippen LogP contribution in [0.2, 0.25) is 0 Å². The Labute approximate surface area is 172 Å². The average molecular weight is 400 g/mol. The summed E-state index contributed by atoms with van der Waals surface area (Å²) in [5.74, 6) is -1.70. The Balaban J connectivity index is 1.58. The van der Waals surface area contributed by atoms with E-state index in [-0.39, 0.29) is 11.4 Å². The first kappa shape index (κ1) is 19.3. The van der Waals surface area contributed by atoms with Gasteiger partial charge in [0, 0.05) is 6.42 Å². The molecule has 0 spiro atoms. The Bertz CT molecular complexity index is 1150. The van der Waals surface area contributed by atoms with Crippen LogP contribution in [0.3, 0.4) is 0 Å². The molecule has 0 aliphatic carbocycles. The molecular formula is C24H17FN2O3. The molecular weight excluding hydrogens is 383 g/mol. The van der Waals surface area contributed by atoms with Gasteiger partial charge in [-0.3, -0.25) is 14.9 Å². The van der Waals surface area contributed by atoms with Crippen molar-refractivity contribution in [1.82, 2.24) is 5.32 Å². The van der Waals surface area contributed by atoms with Gasteiger partial charge in [-0.1, -0.05) is 60.7 Å². The lowest BCUT2D eigenvalue weighted by atomic mass is 10.0. The number of nitrogens with zero attached hydrogens (tertiary/aromatic N) is 1. The molecule has 0 radical (unpaired) electrons. The zero-order chi connectivity index (χ0) is 21.1. The van der Waals surface area contributed by atoms with Crippen LogP contribution in [-0.2, 0) is 16.0 Å². The van der Waals surface area contributed by atoms with E-state index in [1.165, 1.54) is 12.1 Å². The van der Waals surface area contributed by atoms with Gasteiger partial charge in [-0.05, 0) is 41.0 Å². The van der Waals surface area contributed by atoms with Crippen molar-refractivity contribution in [3.8, 4) is 0 Å². The van der Waals surface area contributed by atoms with Crippen molar-refractivity contribution in [2.45, 2.75) is 6.42 Å². The Hall–Kier alpha value is -4.06. The number of barbiturate groups is 1. The van der Waals surface area contributed by atoms with Crippen LogP contribution in [0.5, 0.6) is 0 Å². The second-order valence-electron chi connectivity index (χ2n) is 6.80. The van der Waals surface area contributed by atoms with E-state index >= 15 is 0 Å². The molecule has 30 heavy (non-hydrogen) atoms. The van der Waals surface area contributed by atoms with Crippen molar-refractivity contribution in [1.29, 1.82) is 0 Å². The van der Waals surface area contributed by atoms with Crippen LogP contribution in [0.25, 0.3) is 6.08 Å². The van der Waals surface area contributed by atoms with Gasteiger partial charge in [0.05, 0.1) is 5.69 Å². The minimum Gasteiger partial charge on any atom is -0.273 e. The van der Waals surface area contributed by atoms with Crippen molar-refractivity contribution in [2.75, 3.05) is 4.90 Å². The van der Waals surface area contributed by atoms with Crippen LogP contribution >= 0.6 is 0 Å². The van der Waals surface area contributed by atoms with E-state index in [9.17, 15) is 18.8 Å². The van der Waals surface area contributed by atoms with E-state index in [0.717, 1.165) is 10.5 Å². The number of rotatable bonds is 4. The lowest BCUT2D eigenvalue weighted by Gasteiger charge is -2.26. The maximum Gasteiger partial charge on any atom is 0.335 e. The average Bonchev–Trinajstić information content (AvgIpc) is 2.74. The predicted molar refractivity (Wildman–Crippen MR) is 111 cm³/mol.